The molecule has 1 aromatic carbocycles. The molecule has 146 valence electrons. The molecular formula is C18H29IN4O3. The molecule has 7 nitrogen and oxygen atoms in total. The molecule has 8 heteroatoms. The van der Waals surface area contributed by atoms with E-state index in [2.05, 4.69) is 15.6 Å². The van der Waals surface area contributed by atoms with Crippen LogP contribution in [-0.2, 0) is 4.74 Å². The van der Waals surface area contributed by atoms with E-state index in [1.165, 1.54) is 7.11 Å². The number of carbonyl (C=O) groups excluding carboxylic acids is 1. The highest BCUT2D eigenvalue weighted by atomic mass is 127. The van der Waals surface area contributed by atoms with Gasteiger partial charge in [-0.1, -0.05) is 18.2 Å². The van der Waals surface area contributed by atoms with E-state index in [9.17, 15) is 4.79 Å². The molecule has 1 atom stereocenters. The summed E-state index contributed by atoms with van der Waals surface area (Å²) in [5, 5.41) is 6.70. The van der Waals surface area contributed by atoms with Gasteiger partial charge in [-0.25, -0.2) is 4.79 Å². The SMILES string of the molecule is CN=C(NCC(C)Oc1ccccc1)NC1CCN(C(=O)OC)CC1.I. The van der Waals surface area contributed by atoms with Gasteiger partial charge in [0.15, 0.2) is 5.96 Å². The fourth-order valence-electron chi connectivity index (χ4n) is 2.74. The van der Waals surface area contributed by atoms with Gasteiger partial charge in [0.2, 0.25) is 0 Å². The van der Waals surface area contributed by atoms with E-state index >= 15 is 0 Å². The molecule has 0 bridgehead atoms. The van der Waals surface area contributed by atoms with Crippen LogP contribution in [0.3, 0.4) is 0 Å². The molecule has 0 aliphatic carbocycles. The maximum absolute atomic E-state index is 11.5. The minimum atomic E-state index is -0.257. The quantitative estimate of drug-likeness (QED) is 0.388. The molecule has 0 radical (unpaired) electrons. The Morgan fingerprint density at radius 2 is 1.96 bits per heavy atom. The summed E-state index contributed by atoms with van der Waals surface area (Å²) < 4.78 is 10.6. The van der Waals surface area contributed by atoms with Crippen molar-refractivity contribution in [2.24, 2.45) is 4.99 Å². The van der Waals surface area contributed by atoms with Crippen molar-refractivity contribution < 1.29 is 14.3 Å². The van der Waals surface area contributed by atoms with Crippen molar-refractivity contribution in [3.8, 4) is 5.75 Å². The average Bonchev–Trinajstić information content (AvgIpc) is 2.65. The molecule has 1 aliphatic heterocycles. The molecule has 1 fully saturated rings. The number of amides is 1. The zero-order chi connectivity index (χ0) is 18.1. The van der Waals surface area contributed by atoms with E-state index in [0.29, 0.717) is 19.6 Å². The number of ether oxygens (including phenoxy) is 2. The smallest absolute Gasteiger partial charge is 0.409 e. The summed E-state index contributed by atoms with van der Waals surface area (Å²) in [6, 6.07) is 10.1. The number of halogens is 1. The Bertz CT molecular complexity index is 563. The lowest BCUT2D eigenvalue weighted by molar-refractivity contribution is 0.111. The lowest BCUT2D eigenvalue weighted by Crippen LogP contribution is -2.50. The van der Waals surface area contributed by atoms with Crippen LogP contribution in [0.2, 0.25) is 0 Å². The molecule has 26 heavy (non-hydrogen) atoms. The molecule has 1 heterocycles. The fourth-order valence-corrected chi connectivity index (χ4v) is 2.74. The third kappa shape index (κ3) is 7.27. The highest BCUT2D eigenvalue weighted by Crippen LogP contribution is 2.12. The minimum absolute atomic E-state index is 0. The lowest BCUT2D eigenvalue weighted by Gasteiger charge is -2.32. The van der Waals surface area contributed by atoms with Crippen LogP contribution in [0.25, 0.3) is 0 Å². The number of guanidine groups is 1. The maximum atomic E-state index is 11.5. The van der Waals surface area contributed by atoms with Gasteiger partial charge in [0.25, 0.3) is 0 Å². The van der Waals surface area contributed by atoms with Crippen LogP contribution in [0.5, 0.6) is 5.75 Å². The van der Waals surface area contributed by atoms with Gasteiger partial charge in [-0.15, -0.1) is 24.0 Å². The Morgan fingerprint density at radius 1 is 1.31 bits per heavy atom. The van der Waals surface area contributed by atoms with Crippen LogP contribution in [0.4, 0.5) is 4.79 Å². The van der Waals surface area contributed by atoms with Crippen LogP contribution < -0.4 is 15.4 Å². The third-order valence-corrected chi connectivity index (χ3v) is 4.13. The summed E-state index contributed by atoms with van der Waals surface area (Å²) in [5.41, 5.74) is 0. The van der Waals surface area contributed by atoms with Crippen molar-refractivity contribution in [3.05, 3.63) is 30.3 Å². The molecule has 0 saturated carbocycles. The fraction of sp³-hybridized carbons (Fsp3) is 0.556. The van der Waals surface area contributed by atoms with Crippen molar-refractivity contribution >= 4 is 36.0 Å². The minimum Gasteiger partial charge on any atom is -0.489 e. The van der Waals surface area contributed by atoms with Gasteiger partial charge in [0.05, 0.1) is 13.7 Å². The third-order valence-electron chi connectivity index (χ3n) is 4.13. The van der Waals surface area contributed by atoms with Crippen molar-refractivity contribution in [2.45, 2.75) is 31.9 Å². The standard InChI is InChI=1S/C18H28N4O3.HI/c1-14(25-16-7-5-4-6-8-16)13-20-17(19-2)21-15-9-11-22(12-10-15)18(23)24-3;/h4-8,14-15H,9-13H2,1-3H3,(H2,19,20,21);1H. The van der Waals surface area contributed by atoms with Crippen LogP contribution in [0.15, 0.2) is 35.3 Å². The second kappa shape index (κ2) is 11.8. The number of methoxy groups -OCH3 is 1. The first kappa shape index (κ1) is 22.3. The number of hydrogen-bond acceptors (Lipinski definition) is 4. The number of rotatable bonds is 5. The summed E-state index contributed by atoms with van der Waals surface area (Å²) in [5.74, 6) is 1.61. The molecule has 1 aliphatic rings. The Hall–Kier alpha value is -1.71. The average molecular weight is 476 g/mol. The van der Waals surface area contributed by atoms with E-state index in [1.54, 1.807) is 11.9 Å². The van der Waals surface area contributed by atoms with E-state index in [4.69, 9.17) is 9.47 Å². The number of piperidine rings is 1. The van der Waals surface area contributed by atoms with Crippen molar-refractivity contribution in [1.82, 2.24) is 15.5 Å². The second-order valence-electron chi connectivity index (χ2n) is 6.07. The van der Waals surface area contributed by atoms with Gasteiger partial charge in [-0.3, -0.25) is 4.99 Å². The number of carbonyl (C=O) groups is 1. The van der Waals surface area contributed by atoms with Gasteiger partial charge in [0.1, 0.15) is 11.9 Å². The van der Waals surface area contributed by atoms with Crippen LogP contribution in [0.1, 0.15) is 19.8 Å². The monoisotopic (exact) mass is 476 g/mol. The van der Waals surface area contributed by atoms with Crippen LogP contribution in [-0.4, -0.2) is 62.9 Å². The molecule has 2 N–H and O–H groups in total. The summed E-state index contributed by atoms with van der Waals surface area (Å²) in [6.45, 7) is 4.04. The van der Waals surface area contributed by atoms with Crippen molar-refractivity contribution in [3.63, 3.8) is 0 Å². The van der Waals surface area contributed by atoms with Gasteiger partial charge >= 0.3 is 6.09 Å². The molecule has 1 amide bonds. The van der Waals surface area contributed by atoms with Crippen molar-refractivity contribution in [2.75, 3.05) is 33.8 Å². The Morgan fingerprint density at radius 3 is 2.54 bits per heavy atom. The molecule has 1 unspecified atom stereocenters. The maximum Gasteiger partial charge on any atom is 0.409 e. The molecule has 0 spiro atoms. The Labute approximate surface area is 172 Å². The van der Waals surface area contributed by atoms with E-state index in [1.807, 2.05) is 37.3 Å². The first-order valence-electron chi connectivity index (χ1n) is 8.64. The molecule has 1 aromatic rings. The number of nitrogens with one attached hydrogen (secondary N) is 2. The predicted octanol–water partition coefficient (Wildman–Crippen LogP) is 2.47. The predicted molar refractivity (Wildman–Crippen MR) is 113 cm³/mol. The molecular weight excluding hydrogens is 447 g/mol. The number of aliphatic imine (C=N–C) groups is 1. The summed E-state index contributed by atoms with van der Waals surface area (Å²) in [6.07, 6.45) is 1.49. The van der Waals surface area contributed by atoms with E-state index < -0.39 is 0 Å². The summed E-state index contributed by atoms with van der Waals surface area (Å²) >= 11 is 0. The van der Waals surface area contributed by atoms with Gasteiger partial charge in [-0.05, 0) is 31.9 Å². The molecule has 0 aromatic heterocycles. The summed E-state index contributed by atoms with van der Waals surface area (Å²) in [4.78, 5) is 17.5. The largest absolute Gasteiger partial charge is 0.489 e. The van der Waals surface area contributed by atoms with Gasteiger partial charge < -0.3 is 25.0 Å². The van der Waals surface area contributed by atoms with Crippen molar-refractivity contribution in [1.29, 1.82) is 0 Å². The number of nitrogens with zero attached hydrogens (tertiary/aromatic N) is 2. The Kier molecular flexibility index (Phi) is 10.2. The number of likely N-dealkylation sites (tertiary alicyclic amines) is 1. The second-order valence-corrected chi connectivity index (χ2v) is 6.07. The van der Waals surface area contributed by atoms with Crippen LogP contribution >= 0.6 is 24.0 Å². The molecule has 2 rings (SSSR count). The Balaban J connectivity index is 0.00000338. The number of benzene rings is 1. The number of hydrogen-bond donors (Lipinski definition) is 2. The highest BCUT2D eigenvalue weighted by molar-refractivity contribution is 14.0. The first-order valence-corrected chi connectivity index (χ1v) is 8.64. The normalized spacial score (nSPS) is 16.3. The summed E-state index contributed by atoms with van der Waals surface area (Å²) in [7, 11) is 3.17. The van der Waals surface area contributed by atoms with Gasteiger partial charge in [0, 0.05) is 26.2 Å². The van der Waals surface area contributed by atoms with E-state index in [-0.39, 0.29) is 42.2 Å². The topological polar surface area (TPSA) is 75.2 Å². The van der Waals surface area contributed by atoms with E-state index in [0.717, 1.165) is 24.6 Å². The van der Waals surface area contributed by atoms with Gasteiger partial charge in [-0.2, -0.15) is 0 Å². The van der Waals surface area contributed by atoms with Crippen LogP contribution in [0, 0.1) is 0 Å². The molecule has 1 saturated heterocycles. The highest BCUT2D eigenvalue weighted by Gasteiger charge is 2.23. The lowest BCUT2D eigenvalue weighted by atomic mass is 10.1. The zero-order valence-corrected chi connectivity index (χ0v) is 17.9. The number of para-hydroxylation sites is 1. The zero-order valence-electron chi connectivity index (χ0n) is 15.6. The first-order chi connectivity index (χ1) is 12.1.